The van der Waals surface area contributed by atoms with E-state index in [9.17, 15) is 19.8 Å². The van der Waals surface area contributed by atoms with E-state index in [1.54, 1.807) is 18.2 Å². The maximum Gasteiger partial charge on any atom is 0.254 e. The molecule has 0 unspecified atom stereocenters. The van der Waals surface area contributed by atoms with Gasteiger partial charge in [0.1, 0.15) is 6.04 Å². The average Bonchev–Trinajstić information content (AvgIpc) is 3.25. The standard InChI is InChI=1S/C27H28N2O4/c1-18-8-10-19(11-9-18)15-28-26(32)25-14-24(31)16-29(25)27(33)23-7-3-6-22(13-23)21-5-2-4-20(12-21)17-30/h2-13,24-25,30-31H,14-17H2,1H3,(H,28,32)/t24-,25+/m1/s1. The van der Waals surface area contributed by atoms with E-state index in [1.807, 2.05) is 61.5 Å². The van der Waals surface area contributed by atoms with E-state index in [-0.39, 0.29) is 31.4 Å². The van der Waals surface area contributed by atoms with Crippen molar-refractivity contribution in [1.82, 2.24) is 10.2 Å². The first kappa shape index (κ1) is 22.7. The number of amides is 2. The SMILES string of the molecule is Cc1ccc(CNC(=O)[C@@H]2C[C@@H](O)CN2C(=O)c2cccc(-c3cccc(CO)c3)c2)cc1. The molecule has 1 heterocycles. The van der Waals surface area contributed by atoms with Gasteiger partial charge in [-0.25, -0.2) is 0 Å². The molecule has 0 aliphatic carbocycles. The molecule has 1 fully saturated rings. The number of aryl methyl sites for hydroxylation is 1. The summed E-state index contributed by atoms with van der Waals surface area (Å²) in [6, 6.07) is 21.9. The van der Waals surface area contributed by atoms with E-state index < -0.39 is 12.1 Å². The molecule has 2 amide bonds. The van der Waals surface area contributed by atoms with Gasteiger partial charge in [0.2, 0.25) is 5.91 Å². The van der Waals surface area contributed by atoms with Gasteiger partial charge >= 0.3 is 0 Å². The third kappa shape index (κ3) is 5.30. The van der Waals surface area contributed by atoms with Crippen LogP contribution in [-0.4, -0.2) is 45.6 Å². The van der Waals surface area contributed by atoms with E-state index in [4.69, 9.17) is 0 Å². The Labute approximate surface area is 193 Å². The summed E-state index contributed by atoms with van der Waals surface area (Å²) >= 11 is 0. The number of aliphatic hydroxyl groups excluding tert-OH is 2. The summed E-state index contributed by atoms with van der Waals surface area (Å²) in [7, 11) is 0. The summed E-state index contributed by atoms with van der Waals surface area (Å²) in [4.78, 5) is 27.7. The molecule has 3 aromatic rings. The zero-order valence-electron chi connectivity index (χ0n) is 18.6. The van der Waals surface area contributed by atoms with Gasteiger partial charge in [-0.15, -0.1) is 0 Å². The van der Waals surface area contributed by atoms with Crippen LogP contribution in [0.15, 0.2) is 72.8 Å². The van der Waals surface area contributed by atoms with Gasteiger partial charge in [0, 0.05) is 25.1 Å². The minimum absolute atomic E-state index is 0.0580. The normalized spacial score (nSPS) is 17.7. The van der Waals surface area contributed by atoms with Crippen LogP contribution in [0.1, 0.15) is 33.5 Å². The quantitative estimate of drug-likeness (QED) is 0.545. The summed E-state index contributed by atoms with van der Waals surface area (Å²) in [5, 5.41) is 22.5. The molecule has 0 aromatic heterocycles. The second kappa shape index (κ2) is 9.98. The largest absolute Gasteiger partial charge is 0.392 e. The molecule has 3 N–H and O–H groups in total. The van der Waals surface area contributed by atoms with Crippen molar-refractivity contribution in [2.24, 2.45) is 0 Å². The Hall–Kier alpha value is -3.48. The average molecular weight is 445 g/mol. The van der Waals surface area contributed by atoms with Crippen LogP contribution in [0.3, 0.4) is 0 Å². The molecular weight excluding hydrogens is 416 g/mol. The van der Waals surface area contributed by atoms with E-state index >= 15 is 0 Å². The Balaban J connectivity index is 1.50. The van der Waals surface area contributed by atoms with E-state index in [0.717, 1.165) is 27.8 Å². The van der Waals surface area contributed by atoms with Crippen molar-refractivity contribution in [3.8, 4) is 11.1 Å². The zero-order valence-corrected chi connectivity index (χ0v) is 18.6. The molecule has 2 atom stereocenters. The molecule has 6 heteroatoms. The van der Waals surface area contributed by atoms with Gasteiger partial charge in [-0.3, -0.25) is 9.59 Å². The molecule has 1 saturated heterocycles. The third-order valence-corrected chi connectivity index (χ3v) is 5.98. The number of hydrogen-bond acceptors (Lipinski definition) is 4. The van der Waals surface area contributed by atoms with Crippen molar-refractivity contribution < 1.29 is 19.8 Å². The lowest BCUT2D eigenvalue weighted by Gasteiger charge is -2.24. The highest BCUT2D eigenvalue weighted by molar-refractivity contribution is 5.99. The van der Waals surface area contributed by atoms with E-state index in [2.05, 4.69) is 5.32 Å². The summed E-state index contributed by atoms with van der Waals surface area (Å²) in [6.45, 7) is 2.43. The monoisotopic (exact) mass is 444 g/mol. The first-order valence-corrected chi connectivity index (χ1v) is 11.1. The maximum atomic E-state index is 13.3. The number of carbonyl (C=O) groups is 2. The minimum Gasteiger partial charge on any atom is -0.392 e. The van der Waals surface area contributed by atoms with Crippen LogP contribution in [0.25, 0.3) is 11.1 Å². The van der Waals surface area contributed by atoms with Crippen molar-refractivity contribution in [2.75, 3.05) is 6.54 Å². The van der Waals surface area contributed by atoms with Gasteiger partial charge in [-0.1, -0.05) is 60.2 Å². The third-order valence-electron chi connectivity index (χ3n) is 5.98. The second-order valence-electron chi connectivity index (χ2n) is 8.51. The number of β-amino-alcohol motifs (C(OH)–C–C–N with tert-alkyl or cyclic N) is 1. The van der Waals surface area contributed by atoms with Crippen LogP contribution < -0.4 is 5.32 Å². The number of likely N-dealkylation sites (tertiary alicyclic amines) is 1. The van der Waals surface area contributed by atoms with Gasteiger partial charge in [-0.2, -0.15) is 0 Å². The molecule has 0 spiro atoms. The molecule has 3 aromatic carbocycles. The van der Waals surface area contributed by atoms with Gasteiger partial charge in [0.25, 0.3) is 5.91 Å². The predicted octanol–water partition coefficient (Wildman–Crippen LogP) is 3.05. The van der Waals surface area contributed by atoms with Crippen LogP contribution in [0.5, 0.6) is 0 Å². The molecule has 1 aliphatic heterocycles. The smallest absolute Gasteiger partial charge is 0.254 e. The molecule has 1 aliphatic rings. The van der Waals surface area contributed by atoms with Crippen LogP contribution in [0.4, 0.5) is 0 Å². The summed E-state index contributed by atoms with van der Waals surface area (Å²) in [5.41, 5.74) is 5.10. The highest BCUT2D eigenvalue weighted by Crippen LogP contribution is 2.25. The summed E-state index contributed by atoms with van der Waals surface area (Å²) in [6.07, 6.45) is -0.530. The van der Waals surface area contributed by atoms with E-state index in [1.165, 1.54) is 4.90 Å². The van der Waals surface area contributed by atoms with Crippen LogP contribution >= 0.6 is 0 Å². The highest BCUT2D eigenvalue weighted by Gasteiger charge is 2.39. The Bertz CT molecular complexity index is 1140. The molecule has 0 saturated carbocycles. The van der Waals surface area contributed by atoms with Crippen LogP contribution in [0, 0.1) is 6.92 Å². The number of aliphatic hydroxyl groups is 2. The maximum absolute atomic E-state index is 13.3. The van der Waals surface area contributed by atoms with Crippen LogP contribution in [-0.2, 0) is 17.9 Å². The summed E-state index contributed by atoms with van der Waals surface area (Å²) in [5.74, 6) is -0.561. The molecule has 6 nitrogen and oxygen atoms in total. The molecule has 0 bridgehead atoms. The van der Waals surface area contributed by atoms with Crippen molar-refractivity contribution >= 4 is 11.8 Å². The predicted molar refractivity (Wildman–Crippen MR) is 126 cm³/mol. The zero-order chi connectivity index (χ0) is 23.4. The summed E-state index contributed by atoms with van der Waals surface area (Å²) < 4.78 is 0. The second-order valence-corrected chi connectivity index (χ2v) is 8.51. The Morgan fingerprint density at radius 3 is 2.39 bits per heavy atom. The number of carbonyl (C=O) groups excluding carboxylic acids is 2. The first-order chi connectivity index (χ1) is 15.9. The topological polar surface area (TPSA) is 89.9 Å². The molecule has 170 valence electrons. The minimum atomic E-state index is -0.742. The number of rotatable bonds is 6. The Morgan fingerprint density at radius 1 is 0.970 bits per heavy atom. The lowest BCUT2D eigenvalue weighted by atomic mass is 10.0. The number of nitrogens with one attached hydrogen (secondary N) is 1. The van der Waals surface area contributed by atoms with Crippen LogP contribution in [0.2, 0.25) is 0 Å². The van der Waals surface area contributed by atoms with Crippen molar-refractivity contribution in [3.63, 3.8) is 0 Å². The fraction of sp³-hybridized carbons (Fsp3) is 0.259. The molecular formula is C27H28N2O4. The Morgan fingerprint density at radius 2 is 1.67 bits per heavy atom. The van der Waals surface area contributed by atoms with Gasteiger partial charge in [0.05, 0.1) is 12.7 Å². The van der Waals surface area contributed by atoms with Crippen molar-refractivity contribution in [1.29, 1.82) is 0 Å². The van der Waals surface area contributed by atoms with Gasteiger partial charge in [-0.05, 0) is 47.4 Å². The first-order valence-electron chi connectivity index (χ1n) is 11.1. The van der Waals surface area contributed by atoms with Gasteiger partial charge < -0.3 is 20.4 Å². The number of benzene rings is 3. The molecule has 0 radical (unpaired) electrons. The lowest BCUT2D eigenvalue weighted by Crippen LogP contribution is -2.45. The fourth-order valence-electron chi connectivity index (χ4n) is 4.15. The van der Waals surface area contributed by atoms with E-state index in [0.29, 0.717) is 12.1 Å². The fourth-order valence-corrected chi connectivity index (χ4v) is 4.15. The van der Waals surface area contributed by atoms with Crippen molar-refractivity contribution in [3.05, 3.63) is 95.1 Å². The molecule has 4 rings (SSSR count). The lowest BCUT2D eigenvalue weighted by molar-refractivity contribution is -0.125. The Kier molecular flexibility index (Phi) is 6.87. The van der Waals surface area contributed by atoms with Gasteiger partial charge in [0.15, 0.2) is 0 Å². The highest BCUT2D eigenvalue weighted by atomic mass is 16.3. The molecule has 33 heavy (non-hydrogen) atoms. The number of hydrogen-bond donors (Lipinski definition) is 3. The van der Waals surface area contributed by atoms with Crippen molar-refractivity contribution in [2.45, 2.75) is 38.6 Å². The number of nitrogens with zero attached hydrogens (tertiary/aromatic N) is 1.